The molecule has 0 bridgehead atoms. The van der Waals surface area contributed by atoms with Gasteiger partial charge in [0, 0.05) is 48.7 Å². The predicted molar refractivity (Wildman–Crippen MR) is 158 cm³/mol. The molecule has 4 aromatic rings. The molecule has 0 amide bonds. The number of rotatable bonds is 6. The van der Waals surface area contributed by atoms with Crippen LogP contribution in [0, 0.1) is 0 Å². The number of nitrogens with one attached hydrogen (secondary N) is 3. The predicted octanol–water partition coefficient (Wildman–Crippen LogP) is 6.24. The van der Waals surface area contributed by atoms with E-state index in [2.05, 4.69) is 86.1 Å². The zero-order valence-electron chi connectivity index (χ0n) is 22.3. The number of benzene rings is 2. The Balaban J connectivity index is 1.18. The van der Waals surface area contributed by atoms with Gasteiger partial charge in [-0.3, -0.25) is 5.32 Å². The third-order valence-corrected chi connectivity index (χ3v) is 8.78. The van der Waals surface area contributed by atoms with Crippen LogP contribution >= 0.6 is 0 Å². The summed E-state index contributed by atoms with van der Waals surface area (Å²) in [5.41, 5.74) is 4.96. The van der Waals surface area contributed by atoms with Gasteiger partial charge in [0.15, 0.2) is 0 Å². The van der Waals surface area contributed by atoms with Crippen LogP contribution in [0.4, 0.5) is 23.0 Å². The van der Waals surface area contributed by atoms with Gasteiger partial charge in [-0.05, 0) is 63.1 Å². The van der Waals surface area contributed by atoms with Crippen LogP contribution in [-0.2, 0) is 0 Å². The minimum absolute atomic E-state index is 0.332. The average Bonchev–Trinajstić information content (AvgIpc) is 3.69. The first-order chi connectivity index (χ1) is 18.8. The summed E-state index contributed by atoms with van der Waals surface area (Å²) in [5.74, 6) is 2.12. The number of aromatic nitrogens is 2. The monoisotopic (exact) mass is 507 g/mol. The molecule has 0 spiro atoms. The van der Waals surface area contributed by atoms with Gasteiger partial charge >= 0.3 is 0 Å². The third kappa shape index (κ3) is 4.61. The average molecular weight is 508 g/mol. The fourth-order valence-corrected chi connectivity index (χ4v) is 6.83. The second kappa shape index (κ2) is 10.3. The normalized spacial score (nSPS) is 21.9. The minimum Gasteiger partial charge on any atom is -0.371 e. The summed E-state index contributed by atoms with van der Waals surface area (Å²) in [6.07, 6.45) is 9.92. The van der Waals surface area contributed by atoms with Gasteiger partial charge < -0.3 is 15.1 Å². The van der Waals surface area contributed by atoms with Crippen molar-refractivity contribution in [3.8, 4) is 0 Å². The molecule has 2 unspecified atom stereocenters. The van der Waals surface area contributed by atoms with Crippen LogP contribution in [0.2, 0.25) is 0 Å². The van der Waals surface area contributed by atoms with E-state index in [1.807, 2.05) is 0 Å². The first-order valence-corrected chi connectivity index (χ1v) is 14.7. The highest BCUT2D eigenvalue weighted by atomic mass is 15.2. The van der Waals surface area contributed by atoms with E-state index < -0.39 is 0 Å². The SMILES string of the molecule is c1ccc2c(N3CCCC3)cc(NC3CCCCC3Nc3cc(N4CCCC4)c4ccccc4[nH+]3)nc2c1. The first-order valence-electron chi connectivity index (χ1n) is 14.7. The molecule has 38 heavy (non-hydrogen) atoms. The Morgan fingerprint density at radius 3 is 2.00 bits per heavy atom. The van der Waals surface area contributed by atoms with Gasteiger partial charge in [0.1, 0.15) is 17.4 Å². The number of anilines is 4. The Kier molecular flexibility index (Phi) is 6.40. The van der Waals surface area contributed by atoms with Gasteiger partial charge in [-0.2, -0.15) is 0 Å². The summed E-state index contributed by atoms with van der Waals surface area (Å²) >= 11 is 0. The molecule has 0 radical (unpaired) electrons. The zero-order valence-corrected chi connectivity index (χ0v) is 22.3. The molecule has 1 saturated carbocycles. The molecule has 3 N–H and O–H groups in total. The molecule has 3 fully saturated rings. The molecule has 196 valence electrons. The summed E-state index contributed by atoms with van der Waals surface area (Å²) in [7, 11) is 0. The molecule has 2 saturated heterocycles. The smallest absolute Gasteiger partial charge is 0.275 e. The number of hydrogen-bond acceptors (Lipinski definition) is 5. The maximum Gasteiger partial charge on any atom is 0.275 e. The van der Waals surface area contributed by atoms with Gasteiger partial charge in [-0.1, -0.05) is 36.8 Å². The van der Waals surface area contributed by atoms with Gasteiger partial charge in [-0.25, -0.2) is 9.97 Å². The number of aromatic amines is 1. The molecular weight excluding hydrogens is 468 g/mol. The van der Waals surface area contributed by atoms with E-state index in [1.54, 1.807) is 0 Å². The molecule has 3 aliphatic rings. The molecule has 4 heterocycles. The highest BCUT2D eigenvalue weighted by Crippen LogP contribution is 2.34. The van der Waals surface area contributed by atoms with E-state index in [4.69, 9.17) is 4.98 Å². The molecule has 6 nitrogen and oxygen atoms in total. The van der Waals surface area contributed by atoms with Gasteiger partial charge in [0.05, 0.1) is 23.3 Å². The van der Waals surface area contributed by atoms with Crippen molar-refractivity contribution in [1.82, 2.24) is 4.98 Å². The lowest BCUT2D eigenvalue weighted by atomic mass is 9.90. The van der Waals surface area contributed by atoms with E-state index in [-0.39, 0.29) is 0 Å². The van der Waals surface area contributed by atoms with Crippen LogP contribution in [-0.4, -0.2) is 43.2 Å². The highest BCUT2D eigenvalue weighted by molar-refractivity contribution is 5.94. The molecular formula is C32H39N6+. The fraction of sp³-hybridized carbons (Fsp3) is 0.438. The highest BCUT2D eigenvalue weighted by Gasteiger charge is 2.30. The van der Waals surface area contributed by atoms with E-state index >= 15 is 0 Å². The largest absolute Gasteiger partial charge is 0.371 e. The van der Waals surface area contributed by atoms with Crippen molar-refractivity contribution in [2.75, 3.05) is 46.6 Å². The summed E-state index contributed by atoms with van der Waals surface area (Å²) in [5, 5.41) is 10.4. The van der Waals surface area contributed by atoms with Crippen LogP contribution in [0.5, 0.6) is 0 Å². The Bertz CT molecular complexity index is 1310. The van der Waals surface area contributed by atoms with Crippen LogP contribution in [0.1, 0.15) is 51.4 Å². The topological polar surface area (TPSA) is 57.6 Å². The van der Waals surface area contributed by atoms with E-state index in [1.165, 1.54) is 66.2 Å². The lowest BCUT2D eigenvalue weighted by molar-refractivity contribution is -0.327. The van der Waals surface area contributed by atoms with Crippen LogP contribution in [0.25, 0.3) is 21.8 Å². The van der Waals surface area contributed by atoms with E-state index in [0.717, 1.165) is 56.2 Å². The van der Waals surface area contributed by atoms with E-state index in [0.29, 0.717) is 12.1 Å². The van der Waals surface area contributed by atoms with E-state index in [9.17, 15) is 0 Å². The molecule has 1 aliphatic carbocycles. The Morgan fingerprint density at radius 2 is 1.26 bits per heavy atom. The maximum absolute atomic E-state index is 5.07. The molecule has 2 atom stereocenters. The minimum atomic E-state index is 0.332. The number of fused-ring (bicyclic) bond motifs is 2. The second-order valence-corrected chi connectivity index (χ2v) is 11.3. The van der Waals surface area contributed by atoms with Crippen molar-refractivity contribution >= 4 is 44.8 Å². The summed E-state index contributed by atoms with van der Waals surface area (Å²) in [6.45, 7) is 4.57. The van der Waals surface area contributed by atoms with Crippen molar-refractivity contribution in [1.29, 1.82) is 0 Å². The lowest BCUT2D eigenvalue weighted by Crippen LogP contribution is -2.43. The standard InChI is InChI=1S/C32H38N6/c1-3-13-25-23(11-1)29(37-17-7-8-18-37)21-31(33-25)35-27-15-5-6-16-28(27)36-32-22-30(38-19-9-10-20-38)24-12-2-4-14-26(24)34-32/h1-4,11-14,21-22,27-28H,5-10,15-20H2,(H,33,35)(H,34,36)/p+1. The summed E-state index contributed by atoms with van der Waals surface area (Å²) in [4.78, 5) is 13.9. The maximum atomic E-state index is 5.07. The van der Waals surface area contributed by atoms with Crippen molar-refractivity contribution in [2.24, 2.45) is 0 Å². The molecule has 6 heteroatoms. The zero-order chi connectivity index (χ0) is 25.3. The van der Waals surface area contributed by atoms with Crippen LogP contribution in [0.3, 0.4) is 0 Å². The van der Waals surface area contributed by atoms with Gasteiger partial charge in [0.2, 0.25) is 0 Å². The van der Waals surface area contributed by atoms with Crippen LogP contribution < -0.4 is 25.4 Å². The Hall–Kier alpha value is -3.54. The number of para-hydroxylation sites is 2. The lowest BCUT2D eigenvalue weighted by Gasteiger charge is -2.31. The van der Waals surface area contributed by atoms with Crippen molar-refractivity contribution in [3.63, 3.8) is 0 Å². The van der Waals surface area contributed by atoms with Gasteiger partial charge in [-0.15, -0.1) is 0 Å². The Labute approximate surface area is 225 Å². The van der Waals surface area contributed by atoms with Gasteiger partial charge in [0.25, 0.3) is 5.82 Å². The quantitative estimate of drug-likeness (QED) is 0.324. The molecule has 2 aromatic heterocycles. The third-order valence-electron chi connectivity index (χ3n) is 8.78. The summed E-state index contributed by atoms with van der Waals surface area (Å²) in [6, 6.07) is 22.7. The van der Waals surface area contributed by atoms with Crippen molar-refractivity contribution in [3.05, 3.63) is 60.7 Å². The fourth-order valence-electron chi connectivity index (χ4n) is 6.83. The van der Waals surface area contributed by atoms with Crippen molar-refractivity contribution < 1.29 is 4.98 Å². The number of pyridine rings is 2. The molecule has 7 rings (SSSR count). The first kappa shape index (κ1) is 23.6. The Morgan fingerprint density at radius 1 is 0.658 bits per heavy atom. The van der Waals surface area contributed by atoms with Crippen LogP contribution in [0.15, 0.2) is 60.7 Å². The summed E-state index contributed by atoms with van der Waals surface area (Å²) < 4.78 is 0. The molecule has 2 aromatic carbocycles. The number of nitrogens with zero attached hydrogens (tertiary/aromatic N) is 3. The number of hydrogen-bond donors (Lipinski definition) is 2. The van der Waals surface area contributed by atoms with Crippen molar-refractivity contribution in [2.45, 2.75) is 63.5 Å². The molecule has 2 aliphatic heterocycles. The second-order valence-electron chi connectivity index (χ2n) is 11.3. The number of H-pyrrole nitrogens is 1.